The minimum absolute atomic E-state index is 0.502. The van der Waals surface area contributed by atoms with Gasteiger partial charge in [0.05, 0.1) is 14.4 Å². The highest BCUT2D eigenvalue weighted by atomic mass is 32.5. The molecule has 0 bridgehead atoms. The Morgan fingerprint density at radius 2 is 2.83 bits per heavy atom. The van der Waals surface area contributed by atoms with Crippen molar-refractivity contribution in [1.29, 1.82) is 0 Å². The van der Waals surface area contributed by atoms with Gasteiger partial charge in [-0.3, -0.25) is 0 Å². The lowest BCUT2D eigenvalue weighted by Crippen LogP contribution is -1.38. The molecule has 34 valence electrons. The van der Waals surface area contributed by atoms with Crippen LogP contribution in [-0.2, 0) is 0 Å². The molecule has 1 heterocycles. The van der Waals surface area contributed by atoms with Gasteiger partial charge < -0.3 is 3.98 Å². The first-order valence-electron chi connectivity index (χ1n) is 1.34. The molecule has 0 saturated carbocycles. The van der Waals surface area contributed by atoms with Gasteiger partial charge in [-0.15, -0.1) is 0 Å². The molecule has 2 unspecified atom stereocenters. The fourth-order valence-electron chi connectivity index (χ4n) is 0.138. The second-order valence-electron chi connectivity index (χ2n) is 0.629. The predicted octanol–water partition coefficient (Wildman–Crippen LogP) is 1.92. The average Bonchev–Trinajstić information content (AvgIpc) is 1.72. The maximum absolute atomic E-state index is 4.94. The Hall–Kier alpha value is 0.290. The molecule has 0 saturated heterocycles. The van der Waals surface area contributed by atoms with E-state index in [0.717, 1.165) is 0 Å². The van der Waals surface area contributed by atoms with Crippen molar-refractivity contribution >= 4 is 27.2 Å². The first kappa shape index (κ1) is 4.45. The summed E-state index contributed by atoms with van der Waals surface area (Å²) in [6.07, 6.45) is 0. The summed E-state index contributed by atoms with van der Waals surface area (Å²) < 4.78 is 8.81. The van der Waals surface area contributed by atoms with E-state index >= 15 is 0 Å². The van der Waals surface area contributed by atoms with Crippen LogP contribution in [0.4, 0.5) is 0 Å². The Balaban J connectivity index is 3.00. The van der Waals surface area contributed by atoms with Crippen molar-refractivity contribution in [3.63, 3.8) is 0 Å². The summed E-state index contributed by atoms with van der Waals surface area (Å²) in [4.78, 5) is 0. The summed E-state index contributed by atoms with van der Waals surface area (Å²) in [7, 11) is 1.03. The Bertz CT molecular complexity index is 85.5. The van der Waals surface area contributed by atoms with Crippen LogP contribution >= 0.6 is 27.2 Å². The zero-order valence-corrected chi connectivity index (χ0v) is 5.66. The first-order chi connectivity index (χ1) is 3.00. The quantitative estimate of drug-likeness (QED) is 0.548. The molecule has 1 aromatic rings. The van der Waals surface area contributed by atoms with Crippen LogP contribution in [-0.4, -0.2) is 4.37 Å². The minimum atomic E-state index is 0.502. The van der Waals surface area contributed by atoms with Crippen LogP contribution in [0.25, 0.3) is 0 Å². The molecular weight excluding hydrogens is 136 g/mol. The normalized spacial score (nSPS) is 10.7. The Kier molecular flexibility index (Phi) is 1.82. The van der Waals surface area contributed by atoms with Crippen LogP contribution in [0.2, 0.25) is 0 Å². The molecule has 0 spiro atoms. The standard InChI is InChI=1S/CH3NOP2S/c1-2-6-5-3-4-1/h1,4-5H. The van der Waals surface area contributed by atoms with Crippen LogP contribution in [0.1, 0.15) is 0 Å². The van der Waals surface area contributed by atoms with Crippen molar-refractivity contribution < 1.29 is 3.98 Å². The second-order valence-corrected chi connectivity index (χ2v) is 3.55. The van der Waals surface area contributed by atoms with Crippen molar-refractivity contribution in [2.75, 3.05) is 0 Å². The molecule has 5 heteroatoms. The van der Waals surface area contributed by atoms with E-state index in [9.17, 15) is 0 Å². The molecule has 0 aromatic carbocycles. The Morgan fingerprint density at radius 3 is 3.00 bits per heavy atom. The minimum Gasteiger partial charge on any atom is -0.437 e. The average molecular weight is 139 g/mol. The maximum Gasteiger partial charge on any atom is 0.106 e. The smallest absolute Gasteiger partial charge is 0.106 e. The van der Waals surface area contributed by atoms with Crippen LogP contribution in [0.3, 0.4) is 0 Å². The molecule has 6 heavy (non-hydrogen) atoms. The van der Waals surface area contributed by atoms with E-state index < -0.39 is 0 Å². The lowest BCUT2D eigenvalue weighted by molar-refractivity contribution is 0.850. The van der Waals surface area contributed by atoms with E-state index in [1.165, 1.54) is 11.1 Å². The summed E-state index contributed by atoms with van der Waals surface area (Å²) in [6, 6.07) is 0. The van der Waals surface area contributed by atoms with E-state index in [2.05, 4.69) is 4.37 Å². The SMILES string of the molecule is c1ns[pH]o[pH]1. The molecule has 0 aliphatic carbocycles. The number of hydrogen-bond donors (Lipinski definition) is 0. The van der Waals surface area contributed by atoms with Gasteiger partial charge in [0, 0.05) is 11.1 Å². The van der Waals surface area contributed by atoms with Gasteiger partial charge in [-0.25, -0.2) is 0 Å². The van der Waals surface area contributed by atoms with Gasteiger partial charge in [0.25, 0.3) is 0 Å². The van der Waals surface area contributed by atoms with Crippen molar-refractivity contribution in [2.24, 2.45) is 0 Å². The summed E-state index contributed by atoms with van der Waals surface area (Å²) in [6.45, 7) is 0. The fourth-order valence-corrected chi connectivity index (χ4v) is 2.49. The highest BCUT2D eigenvalue weighted by molar-refractivity contribution is 7.76. The van der Waals surface area contributed by atoms with Crippen LogP contribution in [0.5, 0.6) is 0 Å². The zero-order valence-electron chi connectivity index (χ0n) is 2.84. The van der Waals surface area contributed by atoms with E-state index in [4.69, 9.17) is 3.98 Å². The largest absolute Gasteiger partial charge is 0.437 e. The van der Waals surface area contributed by atoms with Gasteiger partial charge in [0.1, 0.15) is 7.61 Å². The molecule has 0 radical (unpaired) electrons. The predicted molar refractivity (Wildman–Crippen MR) is 31.0 cm³/mol. The molecule has 1 aromatic heterocycles. The molecule has 1 rings (SSSR count). The highest BCUT2D eigenvalue weighted by Gasteiger charge is 1.59. The van der Waals surface area contributed by atoms with Gasteiger partial charge in [0.2, 0.25) is 0 Å². The molecule has 2 atom stereocenters. The molecule has 0 fully saturated rings. The van der Waals surface area contributed by atoms with Gasteiger partial charge in [-0.05, 0) is 0 Å². The van der Waals surface area contributed by atoms with Gasteiger partial charge in [0.15, 0.2) is 0 Å². The summed E-state index contributed by atoms with van der Waals surface area (Å²) in [5.41, 5.74) is 0. The molecule has 2 nitrogen and oxygen atoms in total. The van der Waals surface area contributed by atoms with Crippen molar-refractivity contribution in [1.82, 2.24) is 4.37 Å². The second kappa shape index (κ2) is 2.46. The van der Waals surface area contributed by atoms with E-state index in [0.29, 0.717) is 16.0 Å². The van der Waals surface area contributed by atoms with Crippen molar-refractivity contribution in [2.45, 2.75) is 0 Å². The van der Waals surface area contributed by atoms with Crippen LogP contribution in [0.15, 0.2) is 9.90 Å². The van der Waals surface area contributed by atoms with Gasteiger partial charge in [-0.1, -0.05) is 0 Å². The molecule has 0 N–H and O–H groups in total. The third-order valence-electron chi connectivity index (χ3n) is 0.296. The highest BCUT2D eigenvalue weighted by Crippen LogP contribution is 2.13. The maximum atomic E-state index is 4.94. The molecular formula is CH3NOP2S. The van der Waals surface area contributed by atoms with E-state index in [1.54, 1.807) is 5.93 Å². The molecule has 0 amide bonds. The number of rotatable bonds is 0. The topological polar surface area (TPSA) is 26.0 Å². The number of aromatic nitrogens is 1. The van der Waals surface area contributed by atoms with Crippen molar-refractivity contribution in [3.8, 4) is 0 Å². The fraction of sp³-hybridized carbons (Fsp3) is 0. The number of hydrogen-bond acceptors (Lipinski definition) is 3. The lowest BCUT2D eigenvalue weighted by atomic mass is 11.7. The Labute approximate surface area is 42.2 Å². The van der Waals surface area contributed by atoms with Gasteiger partial charge in [-0.2, -0.15) is 4.37 Å². The third-order valence-corrected chi connectivity index (χ3v) is 3.10. The van der Waals surface area contributed by atoms with Crippen molar-refractivity contribution in [3.05, 3.63) is 5.93 Å². The molecule has 0 aliphatic heterocycles. The van der Waals surface area contributed by atoms with Crippen LogP contribution < -0.4 is 0 Å². The number of nitrogens with zero attached hydrogens (tertiary/aromatic N) is 1. The summed E-state index contributed by atoms with van der Waals surface area (Å²) >= 11 is 1.48. The van der Waals surface area contributed by atoms with Crippen LogP contribution in [0, 0.1) is 0 Å². The van der Waals surface area contributed by atoms with Gasteiger partial charge >= 0.3 is 0 Å². The van der Waals surface area contributed by atoms with E-state index in [-0.39, 0.29) is 0 Å². The first-order valence-corrected chi connectivity index (χ1v) is 4.73. The molecule has 0 aliphatic rings. The summed E-state index contributed by atoms with van der Waals surface area (Å²) in [5, 5.41) is 0. The summed E-state index contributed by atoms with van der Waals surface area (Å²) in [5.74, 6) is 1.79. The lowest BCUT2D eigenvalue weighted by Gasteiger charge is -1.71. The monoisotopic (exact) mass is 139 g/mol. The third kappa shape index (κ3) is 1.17. The zero-order chi connectivity index (χ0) is 4.24. The van der Waals surface area contributed by atoms with E-state index in [1.807, 2.05) is 0 Å². The Morgan fingerprint density at radius 1 is 1.83 bits per heavy atom.